The van der Waals surface area contributed by atoms with Crippen LogP contribution >= 0.6 is 0 Å². The molecule has 2 aromatic rings. The van der Waals surface area contributed by atoms with Crippen molar-refractivity contribution in [3.63, 3.8) is 0 Å². The van der Waals surface area contributed by atoms with Crippen molar-refractivity contribution in [3.05, 3.63) is 34.3 Å². The Morgan fingerprint density at radius 3 is 2.74 bits per heavy atom. The molecule has 0 aliphatic carbocycles. The molecule has 2 rings (SSSR count). The van der Waals surface area contributed by atoms with Gasteiger partial charge in [-0.2, -0.15) is 5.26 Å². The van der Waals surface area contributed by atoms with E-state index in [1.807, 2.05) is 39.1 Å². The summed E-state index contributed by atoms with van der Waals surface area (Å²) in [5.74, 6) is -0.382. The van der Waals surface area contributed by atoms with Crippen LogP contribution < -0.4 is 11.1 Å². The van der Waals surface area contributed by atoms with Crippen molar-refractivity contribution in [2.24, 2.45) is 12.5 Å². The summed E-state index contributed by atoms with van der Waals surface area (Å²) in [5.41, 5.74) is 1.66. The number of fused-ring (bicyclic) bond motifs is 1. The minimum absolute atomic E-state index is 0.132. The van der Waals surface area contributed by atoms with Crippen molar-refractivity contribution in [2.75, 3.05) is 7.05 Å². The van der Waals surface area contributed by atoms with Crippen LogP contribution in [0.4, 0.5) is 0 Å². The second-order valence-electron chi connectivity index (χ2n) is 5.21. The van der Waals surface area contributed by atoms with E-state index in [2.05, 4.69) is 11.4 Å². The van der Waals surface area contributed by atoms with Gasteiger partial charge in [0.1, 0.15) is 0 Å². The standard InChI is InChI=1S/C14H17N3O2/c1-14(2,8-15)12(16-3)9-5-6-10-11(7-9)19-13(18)17(10)4/h5-7,12,16H,1-4H3. The zero-order chi connectivity index (χ0) is 14.2. The largest absolute Gasteiger partial charge is 0.419 e. The van der Waals surface area contributed by atoms with Crippen molar-refractivity contribution >= 4 is 11.1 Å². The summed E-state index contributed by atoms with van der Waals surface area (Å²) in [6.07, 6.45) is 0. The Kier molecular flexibility index (Phi) is 3.21. The summed E-state index contributed by atoms with van der Waals surface area (Å²) in [6.45, 7) is 3.75. The lowest BCUT2D eigenvalue weighted by atomic mass is 9.82. The average Bonchev–Trinajstić information content (AvgIpc) is 2.65. The molecule has 5 nitrogen and oxygen atoms in total. The summed E-state index contributed by atoms with van der Waals surface area (Å²) in [4.78, 5) is 11.5. The number of aromatic nitrogens is 1. The first-order valence-corrected chi connectivity index (χ1v) is 6.08. The Hall–Kier alpha value is -2.06. The van der Waals surface area contributed by atoms with Crippen LogP contribution in [0.2, 0.25) is 0 Å². The Labute approximate surface area is 111 Å². The molecule has 0 aliphatic rings. The van der Waals surface area contributed by atoms with Gasteiger partial charge in [0.05, 0.1) is 23.0 Å². The number of hydrogen-bond acceptors (Lipinski definition) is 4. The lowest BCUT2D eigenvalue weighted by Crippen LogP contribution is -2.30. The van der Waals surface area contributed by atoms with Gasteiger partial charge in [-0.15, -0.1) is 0 Å². The molecule has 0 bridgehead atoms. The lowest BCUT2D eigenvalue weighted by molar-refractivity contribution is 0.344. The SMILES string of the molecule is CNC(c1ccc2c(c1)oc(=O)n2C)C(C)(C)C#N. The maximum absolute atomic E-state index is 11.5. The maximum atomic E-state index is 11.5. The van der Waals surface area contributed by atoms with E-state index < -0.39 is 5.41 Å². The van der Waals surface area contributed by atoms with Gasteiger partial charge in [-0.3, -0.25) is 4.57 Å². The highest BCUT2D eigenvalue weighted by atomic mass is 16.4. The average molecular weight is 259 g/mol. The molecule has 0 amide bonds. The third-order valence-corrected chi connectivity index (χ3v) is 3.45. The van der Waals surface area contributed by atoms with E-state index in [0.717, 1.165) is 11.1 Å². The predicted molar refractivity (Wildman–Crippen MR) is 72.6 cm³/mol. The van der Waals surface area contributed by atoms with Crippen molar-refractivity contribution in [2.45, 2.75) is 19.9 Å². The van der Waals surface area contributed by atoms with Crippen LogP contribution in [0.1, 0.15) is 25.5 Å². The number of nitrogens with zero attached hydrogens (tertiary/aromatic N) is 2. The quantitative estimate of drug-likeness (QED) is 0.914. The van der Waals surface area contributed by atoms with Gasteiger partial charge in [0.2, 0.25) is 0 Å². The molecule has 0 aliphatic heterocycles. The number of hydrogen-bond donors (Lipinski definition) is 1. The van der Waals surface area contributed by atoms with Crippen LogP contribution in [0.5, 0.6) is 0 Å². The van der Waals surface area contributed by atoms with E-state index in [0.29, 0.717) is 5.58 Å². The molecule has 19 heavy (non-hydrogen) atoms. The molecule has 1 aromatic carbocycles. The molecule has 1 atom stereocenters. The number of aryl methyl sites for hydroxylation is 1. The van der Waals surface area contributed by atoms with E-state index in [4.69, 9.17) is 4.42 Å². The number of oxazole rings is 1. The number of rotatable bonds is 3. The lowest BCUT2D eigenvalue weighted by Gasteiger charge is -2.28. The topological polar surface area (TPSA) is 71.0 Å². The fraction of sp³-hybridized carbons (Fsp3) is 0.429. The second-order valence-corrected chi connectivity index (χ2v) is 5.21. The molecule has 0 spiro atoms. The fourth-order valence-corrected chi connectivity index (χ4v) is 2.34. The molecule has 0 saturated carbocycles. The highest BCUT2D eigenvalue weighted by molar-refractivity contribution is 5.73. The Morgan fingerprint density at radius 2 is 2.16 bits per heavy atom. The van der Waals surface area contributed by atoms with Crippen LogP contribution in [-0.4, -0.2) is 11.6 Å². The molecule has 1 unspecified atom stereocenters. The number of nitrogens with one attached hydrogen (secondary N) is 1. The van der Waals surface area contributed by atoms with Gasteiger partial charge in [0, 0.05) is 7.05 Å². The molecule has 1 heterocycles. The van der Waals surface area contributed by atoms with Crippen LogP contribution in [0.15, 0.2) is 27.4 Å². The van der Waals surface area contributed by atoms with Gasteiger partial charge in [-0.25, -0.2) is 4.79 Å². The number of benzene rings is 1. The first kappa shape index (κ1) is 13.4. The maximum Gasteiger partial charge on any atom is 0.419 e. The van der Waals surface area contributed by atoms with E-state index in [1.54, 1.807) is 7.05 Å². The number of nitriles is 1. The zero-order valence-electron chi connectivity index (χ0n) is 11.5. The molecular formula is C14H17N3O2. The first-order valence-electron chi connectivity index (χ1n) is 6.08. The monoisotopic (exact) mass is 259 g/mol. The van der Waals surface area contributed by atoms with Crippen LogP contribution in [0.25, 0.3) is 11.1 Å². The third-order valence-electron chi connectivity index (χ3n) is 3.45. The normalized spacial score (nSPS) is 13.4. The summed E-state index contributed by atoms with van der Waals surface area (Å²) >= 11 is 0. The van der Waals surface area contributed by atoms with Gasteiger partial charge in [0.15, 0.2) is 5.58 Å². The van der Waals surface area contributed by atoms with Crippen molar-refractivity contribution in [3.8, 4) is 6.07 Å². The predicted octanol–water partition coefficient (Wildman–Crippen LogP) is 1.94. The smallest absolute Gasteiger partial charge is 0.408 e. The van der Waals surface area contributed by atoms with Crippen LogP contribution in [0.3, 0.4) is 0 Å². The van der Waals surface area contributed by atoms with Gasteiger partial charge < -0.3 is 9.73 Å². The van der Waals surface area contributed by atoms with Gasteiger partial charge >= 0.3 is 5.76 Å². The Balaban J connectivity index is 2.57. The van der Waals surface area contributed by atoms with E-state index in [1.165, 1.54) is 4.57 Å². The highest BCUT2D eigenvalue weighted by Crippen LogP contribution is 2.33. The molecule has 1 aromatic heterocycles. The highest BCUT2D eigenvalue weighted by Gasteiger charge is 2.30. The molecule has 0 radical (unpaired) electrons. The minimum atomic E-state index is -0.558. The van der Waals surface area contributed by atoms with Gasteiger partial charge in [-0.05, 0) is 38.6 Å². The van der Waals surface area contributed by atoms with Crippen molar-refractivity contribution in [1.29, 1.82) is 5.26 Å². The molecule has 100 valence electrons. The third kappa shape index (κ3) is 2.15. The molecule has 5 heteroatoms. The fourth-order valence-electron chi connectivity index (χ4n) is 2.34. The van der Waals surface area contributed by atoms with Gasteiger partial charge in [-0.1, -0.05) is 6.07 Å². The Bertz CT molecular complexity index is 704. The molecule has 1 N–H and O–H groups in total. The first-order chi connectivity index (χ1) is 8.90. The molecular weight excluding hydrogens is 242 g/mol. The summed E-state index contributed by atoms with van der Waals surface area (Å²) in [5, 5.41) is 12.4. The van der Waals surface area contributed by atoms with Crippen LogP contribution in [0, 0.1) is 16.7 Å². The molecule has 0 fully saturated rings. The van der Waals surface area contributed by atoms with Crippen molar-refractivity contribution in [1.82, 2.24) is 9.88 Å². The van der Waals surface area contributed by atoms with Crippen molar-refractivity contribution < 1.29 is 4.42 Å². The zero-order valence-corrected chi connectivity index (χ0v) is 11.5. The van der Waals surface area contributed by atoms with E-state index in [9.17, 15) is 10.1 Å². The van der Waals surface area contributed by atoms with E-state index in [-0.39, 0.29) is 11.8 Å². The second kappa shape index (κ2) is 4.56. The summed E-state index contributed by atoms with van der Waals surface area (Å²) < 4.78 is 6.64. The summed E-state index contributed by atoms with van der Waals surface area (Å²) in [7, 11) is 3.48. The minimum Gasteiger partial charge on any atom is -0.408 e. The molecule has 0 saturated heterocycles. The van der Waals surface area contributed by atoms with Crippen LogP contribution in [-0.2, 0) is 7.05 Å². The van der Waals surface area contributed by atoms with Gasteiger partial charge in [0.25, 0.3) is 0 Å². The Morgan fingerprint density at radius 1 is 1.47 bits per heavy atom. The van der Waals surface area contributed by atoms with E-state index >= 15 is 0 Å². The summed E-state index contributed by atoms with van der Waals surface area (Å²) in [6, 6.07) is 7.73.